The number of hydrogen-bond donors (Lipinski definition) is 1. The number of aryl methyl sites for hydroxylation is 2. The molecule has 0 bridgehead atoms. The molecule has 0 atom stereocenters. The smallest absolute Gasteiger partial charge is 0.127 e. The van der Waals surface area contributed by atoms with Crippen molar-refractivity contribution in [1.82, 2.24) is 9.55 Å². The fourth-order valence-electron chi connectivity index (χ4n) is 2.25. The van der Waals surface area contributed by atoms with Gasteiger partial charge < -0.3 is 10.3 Å². The average Bonchev–Trinajstić information content (AvgIpc) is 3.08. The Balaban J connectivity index is 2.12. The lowest BCUT2D eigenvalue weighted by Gasteiger charge is -2.07. The van der Waals surface area contributed by atoms with Gasteiger partial charge in [0.25, 0.3) is 0 Å². The summed E-state index contributed by atoms with van der Waals surface area (Å²) in [7, 11) is 0. The van der Waals surface area contributed by atoms with Crippen LogP contribution < -0.4 is 5.73 Å². The molecule has 2 rings (SSSR count). The Morgan fingerprint density at radius 2 is 2.18 bits per heavy atom. The maximum Gasteiger partial charge on any atom is 0.127 e. The van der Waals surface area contributed by atoms with Crippen LogP contribution in [0.1, 0.15) is 50.2 Å². The minimum absolute atomic E-state index is 0.651. The zero-order valence-electron chi connectivity index (χ0n) is 10.9. The van der Waals surface area contributed by atoms with Crippen LogP contribution in [0.15, 0.2) is 0 Å². The average molecular weight is 253 g/mol. The van der Waals surface area contributed by atoms with Gasteiger partial charge in [-0.2, -0.15) is 11.8 Å². The maximum atomic E-state index is 6.25. The van der Waals surface area contributed by atoms with Gasteiger partial charge in [0.2, 0.25) is 0 Å². The molecular weight excluding hydrogens is 230 g/mol. The molecule has 2 N–H and O–H groups in total. The first-order chi connectivity index (χ1) is 8.27. The van der Waals surface area contributed by atoms with Gasteiger partial charge in [-0.3, -0.25) is 0 Å². The van der Waals surface area contributed by atoms with Gasteiger partial charge in [-0.15, -0.1) is 0 Å². The summed E-state index contributed by atoms with van der Waals surface area (Å²) in [4.78, 5) is 4.76. The van der Waals surface area contributed by atoms with Crippen LogP contribution >= 0.6 is 11.8 Å². The summed E-state index contributed by atoms with van der Waals surface area (Å²) in [6.07, 6.45) is 9.12. The lowest BCUT2D eigenvalue weighted by Crippen LogP contribution is -2.05. The Labute approximate surface area is 108 Å². The summed E-state index contributed by atoms with van der Waals surface area (Å²) >= 11 is 1.89. The highest BCUT2D eigenvalue weighted by Crippen LogP contribution is 2.39. The summed E-state index contributed by atoms with van der Waals surface area (Å²) in [6.45, 7) is 2.20. The molecule has 0 aromatic carbocycles. The van der Waals surface area contributed by atoms with Crippen molar-refractivity contribution < 1.29 is 0 Å². The molecular formula is C13H23N3S. The van der Waals surface area contributed by atoms with E-state index < -0.39 is 0 Å². The van der Waals surface area contributed by atoms with Gasteiger partial charge in [-0.25, -0.2) is 4.98 Å². The number of nitrogens with two attached hydrogens (primary N) is 1. The van der Waals surface area contributed by atoms with Gasteiger partial charge in [0.05, 0.1) is 5.69 Å². The van der Waals surface area contributed by atoms with E-state index in [1.165, 1.54) is 30.8 Å². The molecule has 17 heavy (non-hydrogen) atoms. The minimum Gasteiger partial charge on any atom is -0.384 e. The Morgan fingerprint density at radius 3 is 2.76 bits per heavy atom. The molecule has 0 aliphatic heterocycles. The second-order valence-corrected chi connectivity index (χ2v) is 5.79. The molecule has 1 aliphatic carbocycles. The van der Waals surface area contributed by atoms with Gasteiger partial charge in [-0.05, 0) is 44.1 Å². The van der Waals surface area contributed by atoms with Crippen LogP contribution in [0.4, 0.5) is 5.82 Å². The van der Waals surface area contributed by atoms with Gasteiger partial charge >= 0.3 is 0 Å². The van der Waals surface area contributed by atoms with Crippen molar-refractivity contribution in [1.29, 1.82) is 0 Å². The van der Waals surface area contributed by atoms with E-state index in [-0.39, 0.29) is 0 Å². The zero-order chi connectivity index (χ0) is 12.3. The quantitative estimate of drug-likeness (QED) is 0.760. The number of nitrogens with zero attached hydrogens (tertiary/aromatic N) is 2. The van der Waals surface area contributed by atoms with E-state index in [0.717, 1.165) is 30.8 Å². The first-order valence-corrected chi connectivity index (χ1v) is 8.01. The molecule has 1 aromatic heterocycles. The number of imidazole rings is 1. The van der Waals surface area contributed by atoms with Crippen molar-refractivity contribution in [2.75, 3.05) is 17.7 Å². The number of aromatic nitrogens is 2. The van der Waals surface area contributed by atoms with Crippen molar-refractivity contribution in [2.24, 2.45) is 0 Å². The summed E-state index contributed by atoms with van der Waals surface area (Å²) < 4.78 is 2.30. The fourth-order valence-corrected chi connectivity index (χ4v) is 2.69. The number of anilines is 1. The Hall–Kier alpha value is -0.640. The number of nitrogen functional groups attached to an aromatic ring is 1. The first-order valence-electron chi connectivity index (χ1n) is 6.62. The highest BCUT2D eigenvalue weighted by molar-refractivity contribution is 7.98. The van der Waals surface area contributed by atoms with Crippen molar-refractivity contribution in [3.63, 3.8) is 0 Å². The normalized spacial score (nSPS) is 15.4. The van der Waals surface area contributed by atoms with Gasteiger partial charge in [0, 0.05) is 12.5 Å². The monoisotopic (exact) mass is 253 g/mol. The van der Waals surface area contributed by atoms with E-state index >= 15 is 0 Å². The van der Waals surface area contributed by atoms with E-state index in [1.807, 2.05) is 11.8 Å². The van der Waals surface area contributed by atoms with Crippen LogP contribution in [-0.2, 0) is 12.8 Å². The molecule has 1 aromatic rings. The second-order valence-electron chi connectivity index (χ2n) is 4.81. The second kappa shape index (κ2) is 5.80. The molecule has 0 radical (unpaired) electrons. The zero-order valence-corrected chi connectivity index (χ0v) is 11.7. The lowest BCUT2D eigenvalue weighted by molar-refractivity contribution is 0.676. The predicted molar refractivity (Wildman–Crippen MR) is 75.6 cm³/mol. The van der Waals surface area contributed by atoms with E-state index in [0.29, 0.717) is 6.04 Å². The van der Waals surface area contributed by atoms with Crippen molar-refractivity contribution in [3.05, 3.63) is 11.5 Å². The van der Waals surface area contributed by atoms with Crippen LogP contribution in [-0.4, -0.2) is 21.6 Å². The van der Waals surface area contributed by atoms with Crippen molar-refractivity contribution >= 4 is 17.6 Å². The summed E-state index contributed by atoms with van der Waals surface area (Å²) in [5, 5.41) is 0. The third-order valence-electron chi connectivity index (χ3n) is 3.24. The first kappa shape index (κ1) is 12.8. The van der Waals surface area contributed by atoms with E-state index in [9.17, 15) is 0 Å². The lowest BCUT2D eigenvalue weighted by atomic mass is 10.2. The molecule has 96 valence electrons. The Bertz CT molecular complexity index is 369. The SMILES string of the molecule is CCCc1nc(CCCSC)c(N)n1C1CC1. The van der Waals surface area contributed by atoms with Crippen LogP contribution in [0.3, 0.4) is 0 Å². The van der Waals surface area contributed by atoms with Crippen LogP contribution in [0, 0.1) is 0 Å². The Kier molecular flexibility index (Phi) is 4.37. The van der Waals surface area contributed by atoms with E-state index in [1.54, 1.807) is 0 Å². The molecule has 0 unspecified atom stereocenters. The minimum atomic E-state index is 0.651. The molecule has 1 saturated carbocycles. The summed E-state index contributed by atoms with van der Waals surface area (Å²) in [6, 6.07) is 0.651. The molecule has 1 fully saturated rings. The molecule has 1 aliphatic rings. The fraction of sp³-hybridized carbons (Fsp3) is 0.769. The third-order valence-corrected chi connectivity index (χ3v) is 3.94. The third kappa shape index (κ3) is 2.97. The summed E-state index contributed by atoms with van der Waals surface area (Å²) in [5.41, 5.74) is 7.38. The predicted octanol–water partition coefficient (Wildman–Crippen LogP) is 3.05. The van der Waals surface area contributed by atoms with Crippen LogP contribution in [0.5, 0.6) is 0 Å². The maximum absolute atomic E-state index is 6.25. The topological polar surface area (TPSA) is 43.8 Å². The standard InChI is InChI=1S/C13H23N3S/c1-3-5-12-15-11(6-4-9-17-2)13(14)16(12)10-7-8-10/h10H,3-9,14H2,1-2H3. The largest absolute Gasteiger partial charge is 0.384 e. The van der Waals surface area contributed by atoms with Crippen molar-refractivity contribution in [2.45, 2.75) is 51.5 Å². The number of thioether (sulfide) groups is 1. The van der Waals surface area contributed by atoms with Gasteiger partial charge in [0.1, 0.15) is 11.6 Å². The summed E-state index contributed by atoms with van der Waals surface area (Å²) in [5.74, 6) is 3.35. The van der Waals surface area contributed by atoms with Crippen LogP contribution in [0.2, 0.25) is 0 Å². The Morgan fingerprint density at radius 1 is 1.41 bits per heavy atom. The van der Waals surface area contributed by atoms with Crippen molar-refractivity contribution in [3.8, 4) is 0 Å². The molecule has 0 spiro atoms. The van der Waals surface area contributed by atoms with Crippen LogP contribution in [0.25, 0.3) is 0 Å². The molecule has 0 saturated heterocycles. The molecule has 1 heterocycles. The molecule has 4 heteroatoms. The van der Waals surface area contributed by atoms with E-state index in [2.05, 4.69) is 17.7 Å². The highest BCUT2D eigenvalue weighted by Gasteiger charge is 2.29. The molecule has 3 nitrogen and oxygen atoms in total. The number of rotatable bonds is 7. The van der Waals surface area contributed by atoms with Gasteiger partial charge in [0.15, 0.2) is 0 Å². The van der Waals surface area contributed by atoms with E-state index in [4.69, 9.17) is 10.7 Å². The molecule has 0 amide bonds. The van der Waals surface area contributed by atoms with Gasteiger partial charge in [-0.1, -0.05) is 6.92 Å². The highest BCUT2D eigenvalue weighted by atomic mass is 32.2. The number of hydrogen-bond acceptors (Lipinski definition) is 3.